The average molecular weight is 462 g/mol. The Labute approximate surface area is 199 Å². The van der Waals surface area contributed by atoms with Gasteiger partial charge in [-0.25, -0.2) is 0 Å². The molecule has 33 heavy (non-hydrogen) atoms. The second-order valence-electron chi connectivity index (χ2n) is 8.38. The number of hydrogen-bond donors (Lipinski definition) is 1. The summed E-state index contributed by atoms with van der Waals surface area (Å²) in [6.07, 6.45) is 3.82. The van der Waals surface area contributed by atoms with Crippen LogP contribution in [0.3, 0.4) is 0 Å². The van der Waals surface area contributed by atoms with Crippen molar-refractivity contribution in [1.82, 2.24) is 4.90 Å². The van der Waals surface area contributed by atoms with Crippen LogP contribution in [0.25, 0.3) is 16.5 Å². The summed E-state index contributed by atoms with van der Waals surface area (Å²) in [7, 11) is 4.07. The topological polar surface area (TPSA) is 45.8 Å². The summed E-state index contributed by atoms with van der Waals surface area (Å²) in [4.78, 5) is 2.10. The van der Waals surface area contributed by atoms with E-state index in [-0.39, 0.29) is 5.75 Å². The first-order chi connectivity index (χ1) is 16.0. The van der Waals surface area contributed by atoms with Crippen molar-refractivity contribution < 1.29 is 14.3 Å². The van der Waals surface area contributed by atoms with Crippen molar-refractivity contribution in [3.63, 3.8) is 0 Å². The molecule has 0 radical (unpaired) electrons. The molecule has 0 bridgehead atoms. The van der Waals surface area contributed by atoms with Gasteiger partial charge in [-0.3, -0.25) is 0 Å². The molecule has 3 aromatic carbocycles. The molecule has 0 aliphatic rings. The van der Waals surface area contributed by atoms with E-state index in [9.17, 15) is 5.11 Å². The normalized spacial score (nSPS) is 11.9. The summed E-state index contributed by atoms with van der Waals surface area (Å²) in [5.74, 6) is 1.16. The van der Waals surface area contributed by atoms with Crippen LogP contribution in [0.15, 0.2) is 83.3 Å². The number of hydrogen-bond acceptors (Lipinski definition) is 4. The summed E-state index contributed by atoms with van der Waals surface area (Å²) < 4.78 is 11.3. The molecule has 4 nitrogen and oxygen atoms in total. The molecule has 0 saturated carbocycles. The number of aromatic hydroxyl groups is 1. The first kappa shape index (κ1) is 23.0. The van der Waals surface area contributed by atoms with Gasteiger partial charge in [0.05, 0.1) is 0 Å². The number of likely N-dealkylation sites (N-methyl/N-ethyl adjacent to an activating group) is 1. The van der Waals surface area contributed by atoms with Crippen LogP contribution in [0.1, 0.15) is 16.7 Å². The second kappa shape index (κ2) is 10.6. The van der Waals surface area contributed by atoms with Crippen molar-refractivity contribution in [3.8, 4) is 11.5 Å². The number of fused-ring (bicyclic) bond motifs is 1. The maximum atomic E-state index is 9.63. The van der Waals surface area contributed by atoms with Crippen molar-refractivity contribution >= 4 is 28.1 Å². The molecule has 1 N–H and O–H groups in total. The maximum Gasteiger partial charge on any atom is 0.194 e. The van der Waals surface area contributed by atoms with Gasteiger partial charge < -0.3 is 19.2 Å². The van der Waals surface area contributed by atoms with Crippen LogP contribution in [0.5, 0.6) is 11.5 Å². The third-order valence-corrected chi connectivity index (χ3v) is 5.69. The largest absolute Gasteiger partial charge is 0.508 e. The Balaban J connectivity index is 1.54. The quantitative estimate of drug-likeness (QED) is 0.305. The predicted octanol–water partition coefficient (Wildman–Crippen LogP) is 6.60. The molecule has 0 amide bonds. The number of phenols is 1. The van der Waals surface area contributed by atoms with Crippen LogP contribution >= 0.6 is 11.6 Å². The molecular weight excluding hydrogens is 434 g/mol. The summed E-state index contributed by atoms with van der Waals surface area (Å²) in [6.45, 7) is 1.56. The Morgan fingerprint density at radius 1 is 0.970 bits per heavy atom. The molecule has 0 spiro atoms. The number of furan rings is 1. The molecule has 5 heteroatoms. The third-order valence-electron chi connectivity index (χ3n) is 5.50. The molecule has 1 heterocycles. The Kier molecular flexibility index (Phi) is 7.38. The predicted molar refractivity (Wildman–Crippen MR) is 135 cm³/mol. The first-order valence-electron chi connectivity index (χ1n) is 11.0. The van der Waals surface area contributed by atoms with Crippen LogP contribution in [-0.2, 0) is 12.8 Å². The van der Waals surface area contributed by atoms with E-state index < -0.39 is 0 Å². The molecular formula is C28H28ClNO3. The van der Waals surface area contributed by atoms with Crippen LogP contribution in [0.2, 0.25) is 5.22 Å². The van der Waals surface area contributed by atoms with E-state index in [4.69, 9.17) is 20.8 Å². The van der Waals surface area contributed by atoms with Gasteiger partial charge in [-0.1, -0.05) is 36.4 Å². The maximum absolute atomic E-state index is 9.63. The Hall–Kier alpha value is -3.21. The van der Waals surface area contributed by atoms with E-state index in [1.165, 1.54) is 11.1 Å². The first-order valence-corrected chi connectivity index (χ1v) is 11.4. The van der Waals surface area contributed by atoms with Crippen LogP contribution < -0.4 is 4.74 Å². The lowest BCUT2D eigenvalue weighted by molar-refractivity contribution is 0.261. The van der Waals surface area contributed by atoms with Gasteiger partial charge >= 0.3 is 0 Å². The summed E-state index contributed by atoms with van der Waals surface area (Å²) >= 11 is 6.04. The van der Waals surface area contributed by atoms with Crippen molar-refractivity contribution in [2.45, 2.75) is 12.8 Å². The number of nitrogens with zero attached hydrogens (tertiary/aromatic N) is 1. The summed E-state index contributed by atoms with van der Waals surface area (Å²) in [5.41, 5.74) is 5.44. The monoisotopic (exact) mass is 461 g/mol. The molecule has 4 rings (SSSR count). The van der Waals surface area contributed by atoms with E-state index in [2.05, 4.69) is 35.2 Å². The molecule has 1 aromatic heterocycles. The SMILES string of the molecule is CN(C)CCOc1ccc(CC=C(Cc2ccc(O)cc2)c2ccc3oc(Cl)cc3c2)cc1. The minimum atomic E-state index is 0.270. The zero-order valence-corrected chi connectivity index (χ0v) is 19.7. The molecule has 0 saturated heterocycles. The highest BCUT2D eigenvalue weighted by molar-refractivity contribution is 6.29. The molecule has 0 unspecified atom stereocenters. The third kappa shape index (κ3) is 6.41. The van der Waals surface area contributed by atoms with E-state index >= 15 is 0 Å². The van der Waals surface area contributed by atoms with E-state index in [0.717, 1.165) is 47.2 Å². The smallest absolute Gasteiger partial charge is 0.194 e. The van der Waals surface area contributed by atoms with Gasteiger partial charge in [-0.05, 0) is 97.2 Å². The number of allylic oxidation sites excluding steroid dienone is 2. The van der Waals surface area contributed by atoms with Gasteiger partial charge in [-0.2, -0.15) is 0 Å². The highest BCUT2D eigenvalue weighted by Gasteiger charge is 2.08. The van der Waals surface area contributed by atoms with Crippen LogP contribution in [0.4, 0.5) is 0 Å². The van der Waals surface area contributed by atoms with Gasteiger partial charge in [0, 0.05) is 18.0 Å². The van der Waals surface area contributed by atoms with Crippen molar-refractivity contribution in [3.05, 3.63) is 101 Å². The fraction of sp³-hybridized carbons (Fsp3) is 0.214. The van der Waals surface area contributed by atoms with Gasteiger partial charge in [0.15, 0.2) is 5.22 Å². The average Bonchev–Trinajstić information content (AvgIpc) is 3.18. The van der Waals surface area contributed by atoms with Gasteiger partial charge in [0.1, 0.15) is 23.7 Å². The number of benzene rings is 3. The molecule has 4 aromatic rings. The van der Waals surface area contributed by atoms with E-state index in [1.54, 1.807) is 12.1 Å². The van der Waals surface area contributed by atoms with Gasteiger partial charge in [0.25, 0.3) is 0 Å². The fourth-order valence-corrected chi connectivity index (χ4v) is 3.85. The molecule has 0 fully saturated rings. The van der Waals surface area contributed by atoms with E-state index in [0.29, 0.717) is 11.8 Å². The lowest BCUT2D eigenvalue weighted by atomic mass is 9.95. The van der Waals surface area contributed by atoms with Crippen LogP contribution in [-0.4, -0.2) is 37.3 Å². The van der Waals surface area contributed by atoms with Gasteiger partial charge in [-0.15, -0.1) is 0 Å². The second-order valence-corrected chi connectivity index (χ2v) is 8.75. The van der Waals surface area contributed by atoms with Crippen molar-refractivity contribution in [1.29, 1.82) is 0 Å². The number of rotatable bonds is 9. The highest BCUT2D eigenvalue weighted by atomic mass is 35.5. The fourth-order valence-electron chi connectivity index (χ4n) is 3.65. The molecule has 170 valence electrons. The zero-order valence-electron chi connectivity index (χ0n) is 18.9. The minimum Gasteiger partial charge on any atom is -0.508 e. The van der Waals surface area contributed by atoms with Gasteiger partial charge in [0.2, 0.25) is 0 Å². The summed E-state index contributed by atoms with van der Waals surface area (Å²) in [6, 6.07) is 23.6. The lowest BCUT2D eigenvalue weighted by Crippen LogP contribution is -2.19. The zero-order chi connectivity index (χ0) is 23.2. The van der Waals surface area contributed by atoms with Crippen LogP contribution in [0, 0.1) is 0 Å². The molecule has 0 atom stereocenters. The number of halogens is 1. The lowest BCUT2D eigenvalue weighted by Gasteiger charge is -2.12. The Bertz CT molecular complexity index is 1220. The van der Waals surface area contributed by atoms with E-state index in [1.807, 2.05) is 50.5 Å². The van der Waals surface area contributed by atoms with Crippen molar-refractivity contribution in [2.75, 3.05) is 27.2 Å². The minimum absolute atomic E-state index is 0.270. The Morgan fingerprint density at radius 3 is 2.42 bits per heavy atom. The molecule has 0 aliphatic carbocycles. The number of phenolic OH excluding ortho intramolecular Hbond substituents is 1. The van der Waals surface area contributed by atoms with Crippen molar-refractivity contribution in [2.24, 2.45) is 0 Å². The Morgan fingerprint density at radius 2 is 1.70 bits per heavy atom. The molecule has 0 aliphatic heterocycles. The number of ether oxygens (including phenoxy) is 1. The highest BCUT2D eigenvalue weighted by Crippen LogP contribution is 2.29. The summed E-state index contributed by atoms with van der Waals surface area (Å²) in [5, 5.41) is 11.0. The standard InChI is InChI=1S/C28H28ClNO3/c1-30(2)15-16-32-26-12-6-20(7-13-26)3-8-22(17-21-4-10-25(31)11-5-21)23-9-14-27-24(18-23)19-28(29)33-27/h4-14,18-19,31H,3,15-17H2,1-2H3.